The fraction of sp³-hybridized carbons (Fsp3) is 0. The van der Waals surface area contributed by atoms with Gasteiger partial charge in [-0.25, -0.2) is 15.0 Å². The number of hydrogen-bond donors (Lipinski definition) is 0. The van der Waals surface area contributed by atoms with Crippen LogP contribution in [-0.4, -0.2) is 24.9 Å². The highest BCUT2D eigenvalue weighted by Crippen LogP contribution is 2.40. The summed E-state index contributed by atoms with van der Waals surface area (Å²) < 4.78 is 0. The normalized spacial score (nSPS) is 11.1. The second-order valence-corrected chi connectivity index (χ2v) is 14.1. The molecule has 0 atom stereocenters. The molecule has 0 amide bonds. The van der Waals surface area contributed by atoms with Gasteiger partial charge in [0.2, 0.25) is 0 Å². The van der Waals surface area contributed by atoms with E-state index >= 15 is 0 Å². The van der Waals surface area contributed by atoms with E-state index in [9.17, 15) is 0 Å². The molecule has 0 aliphatic heterocycles. The van der Waals surface area contributed by atoms with E-state index in [2.05, 4.69) is 113 Å². The van der Waals surface area contributed by atoms with Gasteiger partial charge in [0, 0.05) is 40.2 Å². The van der Waals surface area contributed by atoms with Gasteiger partial charge in [-0.05, 0) is 92.7 Å². The SMILES string of the molecule is c1ccc(-c2nc(-c3ccccc3)nc(-c3ccc(-c4cc(-c5ccc(-c6ccccn6)cc5)cc(-c5ccc(-c6ccccn6)cc5)c4)c4ccccc34)n2)cc1. The lowest BCUT2D eigenvalue weighted by Gasteiger charge is -2.16. The zero-order chi connectivity index (χ0) is 38.7. The molecule has 0 spiro atoms. The molecule has 58 heavy (non-hydrogen) atoms. The molecule has 0 saturated carbocycles. The first kappa shape index (κ1) is 34.6. The predicted octanol–water partition coefficient (Wildman–Crippen LogP) is 13.2. The average Bonchev–Trinajstić information content (AvgIpc) is 3.32. The van der Waals surface area contributed by atoms with Crippen molar-refractivity contribution in [2.45, 2.75) is 0 Å². The third-order valence-corrected chi connectivity index (χ3v) is 10.5. The number of rotatable bonds is 8. The summed E-state index contributed by atoms with van der Waals surface area (Å²) in [7, 11) is 0. The minimum absolute atomic E-state index is 0.630. The largest absolute Gasteiger partial charge is 0.256 e. The molecule has 0 unspecified atom stereocenters. The van der Waals surface area contributed by atoms with Gasteiger partial charge in [-0.3, -0.25) is 9.97 Å². The number of aromatic nitrogens is 5. The van der Waals surface area contributed by atoms with Crippen molar-refractivity contribution in [3.05, 3.63) is 213 Å². The molecule has 7 aromatic carbocycles. The molecule has 0 fully saturated rings. The predicted molar refractivity (Wildman–Crippen MR) is 236 cm³/mol. The van der Waals surface area contributed by atoms with Crippen molar-refractivity contribution in [2.75, 3.05) is 0 Å². The molecule has 0 N–H and O–H groups in total. The van der Waals surface area contributed by atoms with E-state index < -0.39 is 0 Å². The van der Waals surface area contributed by atoms with Crippen LogP contribution >= 0.6 is 0 Å². The first-order chi connectivity index (χ1) is 28.7. The Hall–Kier alpha value is -7.89. The van der Waals surface area contributed by atoms with E-state index in [0.717, 1.165) is 83.4 Å². The van der Waals surface area contributed by atoms with Gasteiger partial charge < -0.3 is 0 Å². The molecule has 10 aromatic rings. The molecular weight excluding hydrogens is 707 g/mol. The van der Waals surface area contributed by atoms with Gasteiger partial charge in [0.15, 0.2) is 17.5 Å². The van der Waals surface area contributed by atoms with Gasteiger partial charge in [0.1, 0.15) is 0 Å². The van der Waals surface area contributed by atoms with Gasteiger partial charge >= 0.3 is 0 Å². The minimum Gasteiger partial charge on any atom is -0.256 e. The lowest BCUT2D eigenvalue weighted by molar-refractivity contribution is 1.08. The van der Waals surface area contributed by atoms with Crippen LogP contribution < -0.4 is 0 Å². The lowest BCUT2D eigenvalue weighted by atomic mass is 9.89. The topological polar surface area (TPSA) is 64.5 Å². The first-order valence-corrected chi connectivity index (χ1v) is 19.3. The summed E-state index contributed by atoms with van der Waals surface area (Å²) in [5, 5.41) is 2.18. The van der Waals surface area contributed by atoms with Crippen molar-refractivity contribution in [3.63, 3.8) is 0 Å². The van der Waals surface area contributed by atoms with E-state index in [0.29, 0.717) is 17.5 Å². The summed E-state index contributed by atoms with van der Waals surface area (Å²) >= 11 is 0. The fourth-order valence-corrected chi connectivity index (χ4v) is 7.53. The number of benzene rings is 7. The maximum absolute atomic E-state index is 5.09. The number of nitrogens with zero attached hydrogens (tertiary/aromatic N) is 5. The molecule has 0 aliphatic rings. The number of hydrogen-bond acceptors (Lipinski definition) is 5. The molecule has 272 valence electrons. The van der Waals surface area contributed by atoms with Crippen molar-refractivity contribution < 1.29 is 0 Å². The average molecular weight is 742 g/mol. The van der Waals surface area contributed by atoms with Crippen LogP contribution in [0.2, 0.25) is 0 Å². The highest BCUT2D eigenvalue weighted by atomic mass is 15.0. The van der Waals surface area contributed by atoms with Crippen LogP contribution in [0.15, 0.2) is 213 Å². The summed E-state index contributed by atoms with van der Waals surface area (Å²) in [6.45, 7) is 0. The van der Waals surface area contributed by atoms with Gasteiger partial charge in [-0.15, -0.1) is 0 Å². The van der Waals surface area contributed by atoms with Crippen molar-refractivity contribution in [3.8, 4) is 90.1 Å². The van der Waals surface area contributed by atoms with E-state index in [1.54, 1.807) is 0 Å². The van der Waals surface area contributed by atoms with Crippen LogP contribution in [0, 0.1) is 0 Å². The molecule has 0 saturated heterocycles. The first-order valence-electron chi connectivity index (χ1n) is 19.3. The quantitative estimate of drug-likeness (QED) is 0.155. The van der Waals surface area contributed by atoms with Crippen molar-refractivity contribution >= 4 is 10.8 Å². The third-order valence-electron chi connectivity index (χ3n) is 10.5. The molecule has 5 nitrogen and oxygen atoms in total. The van der Waals surface area contributed by atoms with E-state index in [-0.39, 0.29) is 0 Å². The summed E-state index contributed by atoms with van der Waals surface area (Å²) in [6, 6.07) is 69.4. The molecule has 3 heterocycles. The van der Waals surface area contributed by atoms with Crippen LogP contribution in [0.5, 0.6) is 0 Å². The standard InChI is InChI=1S/C53H35N5/c1-3-13-40(14-4-1)51-56-52(41-15-5-2-6-16-41)58-53(57-51)48-30-29-45(46-17-7-8-18-47(46)48)44-34-42(36-21-25-38(26-22-36)49-19-9-11-31-54-49)33-43(35-44)37-23-27-39(28-24-37)50-20-10-12-32-55-50/h1-35H. The monoisotopic (exact) mass is 741 g/mol. The van der Waals surface area contributed by atoms with Crippen LogP contribution in [0.3, 0.4) is 0 Å². The summed E-state index contributed by atoms with van der Waals surface area (Å²) in [6.07, 6.45) is 3.66. The Morgan fingerprint density at radius 1 is 0.241 bits per heavy atom. The third kappa shape index (κ3) is 6.93. The Morgan fingerprint density at radius 2 is 0.638 bits per heavy atom. The van der Waals surface area contributed by atoms with Crippen LogP contribution in [0.4, 0.5) is 0 Å². The second-order valence-electron chi connectivity index (χ2n) is 14.1. The zero-order valence-corrected chi connectivity index (χ0v) is 31.4. The highest BCUT2D eigenvalue weighted by molar-refractivity contribution is 6.05. The minimum atomic E-state index is 0.630. The fourth-order valence-electron chi connectivity index (χ4n) is 7.53. The smallest absolute Gasteiger partial charge is 0.164 e. The van der Waals surface area contributed by atoms with Gasteiger partial charge in [0.05, 0.1) is 11.4 Å². The summed E-state index contributed by atoms with van der Waals surface area (Å²) in [5.41, 5.74) is 13.6. The van der Waals surface area contributed by atoms with Crippen LogP contribution in [0.1, 0.15) is 0 Å². The van der Waals surface area contributed by atoms with Crippen molar-refractivity contribution in [1.82, 2.24) is 24.9 Å². The summed E-state index contributed by atoms with van der Waals surface area (Å²) in [5.74, 6) is 1.90. The Kier molecular flexibility index (Phi) is 9.14. The Morgan fingerprint density at radius 3 is 1.12 bits per heavy atom. The maximum atomic E-state index is 5.09. The summed E-state index contributed by atoms with van der Waals surface area (Å²) in [4.78, 5) is 24.2. The van der Waals surface area contributed by atoms with Gasteiger partial charge in [-0.1, -0.05) is 152 Å². The lowest BCUT2D eigenvalue weighted by Crippen LogP contribution is -2.00. The second kappa shape index (κ2) is 15.3. The molecule has 10 rings (SSSR count). The van der Waals surface area contributed by atoms with Gasteiger partial charge in [0.25, 0.3) is 0 Å². The Balaban J connectivity index is 1.12. The van der Waals surface area contributed by atoms with Gasteiger partial charge in [-0.2, -0.15) is 0 Å². The zero-order valence-electron chi connectivity index (χ0n) is 31.4. The highest BCUT2D eigenvalue weighted by Gasteiger charge is 2.17. The molecule has 3 aromatic heterocycles. The molecule has 0 aliphatic carbocycles. The van der Waals surface area contributed by atoms with E-state index in [1.807, 2.05) is 109 Å². The van der Waals surface area contributed by atoms with Crippen molar-refractivity contribution in [1.29, 1.82) is 0 Å². The molecule has 5 heteroatoms. The Bertz CT molecular complexity index is 2850. The van der Waals surface area contributed by atoms with Crippen LogP contribution in [-0.2, 0) is 0 Å². The number of fused-ring (bicyclic) bond motifs is 1. The molecule has 0 bridgehead atoms. The number of pyridine rings is 2. The van der Waals surface area contributed by atoms with Crippen LogP contribution in [0.25, 0.3) is 101 Å². The van der Waals surface area contributed by atoms with E-state index in [4.69, 9.17) is 15.0 Å². The Labute approximate surface area is 337 Å². The molecular formula is C53H35N5. The van der Waals surface area contributed by atoms with E-state index in [1.165, 1.54) is 0 Å². The van der Waals surface area contributed by atoms with Crippen molar-refractivity contribution in [2.24, 2.45) is 0 Å². The maximum Gasteiger partial charge on any atom is 0.164 e. The molecule has 0 radical (unpaired) electrons.